The molecule has 0 spiro atoms. The molecule has 0 aliphatic heterocycles. The van der Waals surface area contributed by atoms with E-state index in [9.17, 15) is 9.59 Å². The van der Waals surface area contributed by atoms with Crippen LogP contribution in [-0.2, 0) is 28.9 Å². The molecule has 5 nitrogen and oxygen atoms in total. The Bertz CT molecular complexity index is 1060. The Kier molecular flexibility index (Phi) is 4.83. The Morgan fingerprint density at radius 1 is 1.26 bits per heavy atom. The quantitative estimate of drug-likeness (QED) is 0.629. The van der Waals surface area contributed by atoms with Crippen LogP contribution >= 0.6 is 11.3 Å². The molecule has 0 atom stereocenters. The van der Waals surface area contributed by atoms with Gasteiger partial charge in [0.05, 0.1) is 12.5 Å². The lowest BCUT2D eigenvalue weighted by molar-refractivity contribution is -0.140. The molecule has 4 rings (SSSR count). The van der Waals surface area contributed by atoms with Crippen molar-refractivity contribution in [3.63, 3.8) is 0 Å². The highest BCUT2D eigenvalue weighted by molar-refractivity contribution is 7.18. The Morgan fingerprint density at radius 2 is 2.04 bits per heavy atom. The van der Waals surface area contributed by atoms with E-state index in [1.54, 1.807) is 15.9 Å². The fraction of sp³-hybridized carbons (Fsp3) is 0.381. The molecule has 27 heavy (non-hydrogen) atoms. The lowest BCUT2D eigenvalue weighted by Gasteiger charge is -2.13. The largest absolute Gasteiger partial charge is 0.469 e. The first-order valence-electron chi connectivity index (χ1n) is 9.27. The first kappa shape index (κ1) is 17.9. The summed E-state index contributed by atoms with van der Waals surface area (Å²) >= 11 is 1.66. The number of rotatable bonds is 5. The standard InChI is InChI=1S/C21H22N2O3S/c1-13-8-10-14(11-9-13)19-22-20-18(15-5-3-6-16(15)27-20)21(25)23(19)12-4-7-17(24)26-2/h8-11H,3-7,12H2,1-2H3. The smallest absolute Gasteiger partial charge is 0.305 e. The molecule has 0 radical (unpaired) electrons. The molecular formula is C21H22N2O3S. The van der Waals surface area contributed by atoms with Crippen LogP contribution in [-0.4, -0.2) is 22.6 Å². The molecule has 0 fully saturated rings. The molecule has 1 aromatic carbocycles. The number of hydrogen-bond donors (Lipinski definition) is 0. The summed E-state index contributed by atoms with van der Waals surface area (Å²) in [5.41, 5.74) is 3.28. The Balaban J connectivity index is 1.84. The predicted molar refractivity (Wildman–Crippen MR) is 107 cm³/mol. The van der Waals surface area contributed by atoms with Gasteiger partial charge in [0, 0.05) is 23.4 Å². The molecule has 0 amide bonds. The van der Waals surface area contributed by atoms with Crippen LogP contribution < -0.4 is 5.56 Å². The highest BCUT2D eigenvalue weighted by Crippen LogP contribution is 2.35. The third-order valence-corrected chi connectivity index (χ3v) is 6.31. The van der Waals surface area contributed by atoms with Crippen molar-refractivity contribution >= 4 is 27.5 Å². The third kappa shape index (κ3) is 3.30. The normalized spacial score (nSPS) is 13.1. The van der Waals surface area contributed by atoms with Gasteiger partial charge in [0.25, 0.3) is 5.56 Å². The Hall–Kier alpha value is -2.47. The monoisotopic (exact) mass is 382 g/mol. The number of fused-ring (bicyclic) bond motifs is 3. The van der Waals surface area contributed by atoms with Gasteiger partial charge in [-0.25, -0.2) is 4.98 Å². The van der Waals surface area contributed by atoms with Crippen LogP contribution in [0.2, 0.25) is 0 Å². The summed E-state index contributed by atoms with van der Waals surface area (Å²) in [4.78, 5) is 31.9. The third-order valence-electron chi connectivity index (χ3n) is 5.12. The van der Waals surface area contributed by atoms with Crippen LogP contribution in [0.25, 0.3) is 21.6 Å². The van der Waals surface area contributed by atoms with Crippen LogP contribution in [0.4, 0.5) is 0 Å². The van der Waals surface area contributed by atoms with E-state index in [2.05, 4.69) is 0 Å². The minimum absolute atomic E-state index is 0.0137. The summed E-state index contributed by atoms with van der Waals surface area (Å²) in [5.74, 6) is 0.419. The number of esters is 1. The summed E-state index contributed by atoms with van der Waals surface area (Å²) in [6.45, 7) is 2.48. The molecule has 1 aliphatic carbocycles. The molecule has 3 aromatic rings. The lowest BCUT2D eigenvalue weighted by Crippen LogP contribution is -2.24. The topological polar surface area (TPSA) is 61.2 Å². The molecular weight excluding hydrogens is 360 g/mol. The summed E-state index contributed by atoms with van der Waals surface area (Å²) in [6, 6.07) is 8.06. The molecule has 2 heterocycles. The van der Waals surface area contributed by atoms with E-state index in [0.29, 0.717) is 18.8 Å². The summed E-state index contributed by atoms with van der Waals surface area (Å²) in [6.07, 6.45) is 3.94. The van der Waals surface area contributed by atoms with E-state index in [-0.39, 0.29) is 17.9 Å². The van der Waals surface area contributed by atoms with Crippen molar-refractivity contribution in [3.05, 3.63) is 50.6 Å². The number of aryl methyl sites for hydroxylation is 3. The van der Waals surface area contributed by atoms with Crippen molar-refractivity contribution in [1.82, 2.24) is 9.55 Å². The van der Waals surface area contributed by atoms with E-state index in [1.165, 1.54) is 17.6 Å². The van der Waals surface area contributed by atoms with Gasteiger partial charge in [0.2, 0.25) is 0 Å². The number of ether oxygens (including phenoxy) is 1. The molecule has 0 unspecified atom stereocenters. The second kappa shape index (κ2) is 7.27. The van der Waals surface area contributed by atoms with Crippen molar-refractivity contribution < 1.29 is 9.53 Å². The predicted octanol–water partition coefficient (Wildman–Crippen LogP) is 3.88. The first-order chi connectivity index (χ1) is 13.1. The number of nitrogens with zero attached hydrogens (tertiary/aromatic N) is 2. The molecule has 1 aliphatic rings. The van der Waals surface area contributed by atoms with Crippen LogP contribution in [0, 0.1) is 6.92 Å². The van der Waals surface area contributed by atoms with Crippen LogP contribution in [0.3, 0.4) is 0 Å². The summed E-state index contributed by atoms with van der Waals surface area (Å²) in [5, 5.41) is 0.779. The molecule has 140 valence electrons. The molecule has 0 N–H and O–H groups in total. The van der Waals surface area contributed by atoms with Gasteiger partial charge in [0.1, 0.15) is 10.7 Å². The number of hydrogen-bond acceptors (Lipinski definition) is 5. The maximum atomic E-state index is 13.4. The van der Waals surface area contributed by atoms with E-state index in [1.807, 2.05) is 31.2 Å². The zero-order valence-electron chi connectivity index (χ0n) is 15.6. The van der Waals surface area contributed by atoms with Crippen molar-refractivity contribution in [3.8, 4) is 11.4 Å². The Labute approximate surface area is 161 Å². The Morgan fingerprint density at radius 3 is 2.78 bits per heavy atom. The van der Waals surface area contributed by atoms with Gasteiger partial charge < -0.3 is 4.74 Å². The maximum absolute atomic E-state index is 13.4. The van der Waals surface area contributed by atoms with Gasteiger partial charge in [-0.3, -0.25) is 14.2 Å². The van der Waals surface area contributed by atoms with Gasteiger partial charge in [-0.15, -0.1) is 11.3 Å². The zero-order valence-corrected chi connectivity index (χ0v) is 16.4. The van der Waals surface area contributed by atoms with Crippen LogP contribution in [0.1, 0.15) is 35.3 Å². The van der Waals surface area contributed by atoms with Gasteiger partial charge >= 0.3 is 5.97 Å². The fourth-order valence-electron chi connectivity index (χ4n) is 3.69. The van der Waals surface area contributed by atoms with Crippen molar-refractivity contribution in [2.24, 2.45) is 0 Å². The van der Waals surface area contributed by atoms with Gasteiger partial charge in [0.15, 0.2) is 0 Å². The van der Waals surface area contributed by atoms with E-state index in [0.717, 1.165) is 40.6 Å². The highest BCUT2D eigenvalue weighted by atomic mass is 32.1. The number of aromatic nitrogens is 2. The maximum Gasteiger partial charge on any atom is 0.305 e. The molecule has 0 saturated heterocycles. The van der Waals surface area contributed by atoms with Gasteiger partial charge in [-0.1, -0.05) is 29.8 Å². The second-order valence-corrected chi connectivity index (χ2v) is 8.06. The average molecular weight is 382 g/mol. The first-order valence-corrected chi connectivity index (χ1v) is 10.1. The van der Waals surface area contributed by atoms with Crippen molar-refractivity contribution in [2.75, 3.05) is 7.11 Å². The SMILES string of the molecule is COC(=O)CCCn1c(-c2ccc(C)cc2)nc2sc3c(c2c1=O)CCC3. The van der Waals surface area contributed by atoms with E-state index in [4.69, 9.17) is 9.72 Å². The zero-order chi connectivity index (χ0) is 19.0. The average Bonchev–Trinajstić information content (AvgIpc) is 3.24. The van der Waals surface area contributed by atoms with Gasteiger partial charge in [-0.05, 0) is 38.2 Å². The van der Waals surface area contributed by atoms with Crippen molar-refractivity contribution in [2.45, 2.75) is 45.6 Å². The highest BCUT2D eigenvalue weighted by Gasteiger charge is 2.23. The minimum atomic E-state index is -0.259. The lowest BCUT2D eigenvalue weighted by atomic mass is 10.1. The van der Waals surface area contributed by atoms with Crippen molar-refractivity contribution in [1.29, 1.82) is 0 Å². The number of thiophene rings is 1. The second-order valence-electron chi connectivity index (χ2n) is 6.98. The summed E-state index contributed by atoms with van der Waals surface area (Å²) < 4.78 is 6.46. The van der Waals surface area contributed by atoms with Crippen LogP contribution in [0.15, 0.2) is 29.1 Å². The van der Waals surface area contributed by atoms with Gasteiger partial charge in [-0.2, -0.15) is 0 Å². The molecule has 2 aromatic heterocycles. The van der Waals surface area contributed by atoms with E-state index < -0.39 is 0 Å². The number of benzene rings is 1. The number of carbonyl (C=O) groups excluding carboxylic acids is 1. The minimum Gasteiger partial charge on any atom is -0.469 e. The number of carbonyl (C=O) groups is 1. The van der Waals surface area contributed by atoms with Crippen LogP contribution in [0.5, 0.6) is 0 Å². The summed E-state index contributed by atoms with van der Waals surface area (Å²) in [7, 11) is 1.38. The molecule has 6 heteroatoms. The number of methoxy groups -OCH3 is 1. The molecule has 0 saturated carbocycles. The molecule has 0 bridgehead atoms. The fourth-order valence-corrected chi connectivity index (χ4v) is 4.94. The van der Waals surface area contributed by atoms with E-state index >= 15 is 0 Å².